The van der Waals surface area contributed by atoms with Crippen molar-refractivity contribution in [2.75, 3.05) is 12.9 Å². The Morgan fingerprint density at radius 3 is 2.60 bits per heavy atom. The fourth-order valence-electron chi connectivity index (χ4n) is 5.04. The number of carbonyl (C=O) groups excluding carboxylic acids is 2. The molecule has 0 aliphatic carbocycles. The van der Waals surface area contributed by atoms with Gasteiger partial charge in [-0.1, -0.05) is 54.2 Å². The molecular weight excluding hydrogens is 612 g/mol. The second-order valence-corrected chi connectivity index (χ2v) is 12.2. The second-order valence-electron chi connectivity index (χ2n) is 10.3. The summed E-state index contributed by atoms with van der Waals surface area (Å²) in [4.78, 5) is 27.5. The Bertz CT molecular complexity index is 1860. The number of rotatable bonds is 10. The minimum Gasteiger partial charge on any atom is -0.497 e. The van der Waals surface area contributed by atoms with E-state index in [9.17, 15) is 14.0 Å². The van der Waals surface area contributed by atoms with Crippen LogP contribution < -0.4 is 10.1 Å². The second kappa shape index (κ2) is 13.4. The Kier molecular flexibility index (Phi) is 9.03. The Hall–Kier alpha value is -4.81. The van der Waals surface area contributed by atoms with E-state index in [2.05, 4.69) is 15.5 Å². The van der Waals surface area contributed by atoms with Crippen LogP contribution in [0.3, 0.4) is 0 Å². The molecule has 9 nitrogen and oxygen atoms in total. The van der Waals surface area contributed by atoms with Gasteiger partial charge in [0.25, 0.3) is 11.8 Å². The first-order valence-corrected chi connectivity index (χ1v) is 16.0. The molecule has 12 heteroatoms. The van der Waals surface area contributed by atoms with E-state index >= 15 is 0 Å². The quantitative estimate of drug-likeness (QED) is 0.183. The van der Waals surface area contributed by atoms with Gasteiger partial charge in [-0.25, -0.2) is 9.40 Å². The summed E-state index contributed by atoms with van der Waals surface area (Å²) in [7, 11) is 1.62. The maximum Gasteiger partial charge on any atom is 0.254 e. The van der Waals surface area contributed by atoms with Gasteiger partial charge >= 0.3 is 0 Å². The lowest BCUT2D eigenvalue weighted by atomic mass is 10.0. The predicted octanol–water partition coefficient (Wildman–Crippen LogP) is 6.18. The van der Waals surface area contributed by atoms with E-state index in [0.717, 1.165) is 33.2 Å². The number of thiophene rings is 1. The molecule has 45 heavy (non-hydrogen) atoms. The number of methoxy groups -OCH3 is 1. The number of ether oxygens (including phenoxy) is 1. The summed E-state index contributed by atoms with van der Waals surface area (Å²) >= 11 is 2.83. The molecule has 0 saturated carbocycles. The lowest BCUT2D eigenvalue weighted by Gasteiger charge is -2.22. The van der Waals surface area contributed by atoms with Gasteiger partial charge in [-0.15, -0.1) is 21.5 Å². The largest absolute Gasteiger partial charge is 0.497 e. The van der Waals surface area contributed by atoms with Crippen LogP contribution in [-0.2, 0) is 11.3 Å². The van der Waals surface area contributed by atoms with Gasteiger partial charge in [0.2, 0.25) is 0 Å². The minimum absolute atomic E-state index is 0.00273. The number of hydrogen-bond donors (Lipinski definition) is 1. The van der Waals surface area contributed by atoms with Crippen molar-refractivity contribution >= 4 is 40.6 Å². The zero-order valence-corrected chi connectivity index (χ0v) is 26.1. The van der Waals surface area contributed by atoms with Crippen molar-refractivity contribution < 1.29 is 18.7 Å². The van der Waals surface area contributed by atoms with Crippen molar-refractivity contribution in [2.24, 2.45) is 5.10 Å². The van der Waals surface area contributed by atoms with Crippen molar-refractivity contribution in [3.05, 3.63) is 124 Å². The SMILES string of the molecule is COc1ccc(C2CC(c3cccs3)=NN2C(=O)CSc2nnc(CNC(=O)c3ccccc3F)n2-c2cccc(C)c2)cc1. The number of nitrogens with zero attached hydrogens (tertiary/aromatic N) is 5. The molecule has 2 aromatic heterocycles. The number of halogens is 1. The van der Waals surface area contributed by atoms with E-state index in [1.807, 2.05) is 73.0 Å². The van der Waals surface area contributed by atoms with Gasteiger partial charge in [-0.05, 0) is 65.9 Å². The van der Waals surface area contributed by atoms with Crippen LogP contribution in [0.2, 0.25) is 0 Å². The fraction of sp³-hybridized carbons (Fsp3) is 0.182. The lowest BCUT2D eigenvalue weighted by molar-refractivity contribution is -0.130. The van der Waals surface area contributed by atoms with Gasteiger partial charge < -0.3 is 10.1 Å². The summed E-state index contributed by atoms with van der Waals surface area (Å²) in [5.74, 6) is -0.115. The van der Waals surface area contributed by atoms with Gasteiger partial charge in [0.1, 0.15) is 11.6 Å². The van der Waals surface area contributed by atoms with E-state index in [1.54, 1.807) is 34.1 Å². The summed E-state index contributed by atoms with van der Waals surface area (Å²) in [6, 6.07) is 24.9. The number of thioether (sulfide) groups is 1. The number of aromatic nitrogens is 3. The average molecular weight is 641 g/mol. The smallest absolute Gasteiger partial charge is 0.254 e. The summed E-state index contributed by atoms with van der Waals surface area (Å²) in [6.45, 7) is 1.97. The molecule has 3 heterocycles. The van der Waals surface area contributed by atoms with Gasteiger partial charge in [0.15, 0.2) is 11.0 Å². The van der Waals surface area contributed by atoms with Crippen LogP contribution in [0.15, 0.2) is 101 Å². The van der Waals surface area contributed by atoms with E-state index in [1.165, 1.54) is 30.0 Å². The molecule has 6 rings (SSSR count). The highest BCUT2D eigenvalue weighted by Crippen LogP contribution is 2.35. The zero-order valence-electron chi connectivity index (χ0n) is 24.5. The van der Waals surface area contributed by atoms with Crippen LogP contribution >= 0.6 is 23.1 Å². The van der Waals surface area contributed by atoms with Crippen LogP contribution in [-0.4, -0.2) is 50.2 Å². The molecule has 1 N–H and O–H groups in total. The van der Waals surface area contributed by atoms with E-state index < -0.39 is 11.7 Å². The third-order valence-electron chi connectivity index (χ3n) is 7.28. The summed E-state index contributed by atoms with van der Waals surface area (Å²) in [5.41, 5.74) is 3.56. The Morgan fingerprint density at radius 2 is 1.87 bits per heavy atom. The first-order chi connectivity index (χ1) is 21.9. The number of benzene rings is 3. The Labute approximate surface area is 267 Å². The molecular formula is C33H29FN6O3S2. The highest BCUT2D eigenvalue weighted by Gasteiger charge is 2.34. The molecule has 0 fully saturated rings. The molecule has 1 unspecified atom stereocenters. The highest BCUT2D eigenvalue weighted by molar-refractivity contribution is 7.99. The third-order valence-corrected chi connectivity index (χ3v) is 9.12. The molecule has 0 saturated heterocycles. The fourth-order valence-corrected chi connectivity index (χ4v) is 6.59. The molecule has 0 radical (unpaired) electrons. The average Bonchev–Trinajstić information content (AvgIpc) is 3.83. The molecule has 1 aliphatic heterocycles. The molecule has 2 amide bonds. The van der Waals surface area contributed by atoms with Crippen molar-refractivity contribution in [2.45, 2.75) is 31.1 Å². The summed E-state index contributed by atoms with van der Waals surface area (Å²) in [5, 5.41) is 20.3. The van der Waals surface area contributed by atoms with Gasteiger partial charge in [-0.3, -0.25) is 14.2 Å². The van der Waals surface area contributed by atoms with Gasteiger partial charge in [0.05, 0.1) is 41.6 Å². The zero-order chi connectivity index (χ0) is 31.3. The molecule has 5 aromatic rings. The third kappa shape index (κ3) is 6.66. The number of hydrazone groups is 1. The van der Waals surface area contributed by atoms with Crippen molar-refractivity contribution in [3.63, 3.8) is 0 Å². The van der Waals surface area contributed by atoms with Crippen molar-refractivity contribution in [3.8, 4) is 11.4 Å². The molecule has 0 bridgehead atoms. The molecule has 1 atom stereocenters. The number of aryl methyl sites for hydroxylation is 1. The topological polar surface area (TPSA) is 102 Å². The van der Waals surface area contributed by atoms with Crippen LogP contribution in [0.5, 0.6) is 5.75 Å². The first kappa shape index (κ1) is 30.2. The van der Waals surface area contributed by atoms with Crippen molar-refractivity contribution in [1.82, 2.24) is 25.1 Å². The van der Waals surface area contributed by atoms with Crippen LogP contribution in [0, 0.1) is 12.7 Å². The maximum atomic E-state index is 14.2. The Balaban J connectivity index is 1.24. The number of hydrogen-bond acceptors (Lipinski definition) is 8. The predicted molar refractivity (Wildman–Crippen MR) is 172 cm³/mol. The summed E-state index contributed by atoms with van der Waals surface area (Å²) in [6.07, 6.45) is 0.592. The molecule has 3 aromatic carbocycles. The van der Waals surface area contributed by atoms with Crippen LogP contribution in [0.25, 0.3) is 5.69 Å². The molecule has 0 spiro atoms. The van der Waals surface area contributed by atoms with Crippen molar-refractivity contribution in [1.29, 1.82) is 0 Å². The lowest BCUT2D eigenvalue weighted by Crippen LogP contribution is -2.28. The number of nitrogens with one attached hydrogen (secondary N) is 1. The standard InChI is InChI=1S/C33H29FN6O3S2/c1-21-7-5-8-23(17-21)39-30(19-35-32(42)25-9-3-4-10-26(25)34)36-37-33(39)45-20-31(41)40-28(22-12-14-24(43-2)15-13-22)18-27(38-40)29-11-6-16-44-29/h3-17,28H,18-20H2,1-2H3,(H,35,42). The minimum atomic E-state index is -0.607. The number of amides is 2. The monoisotopic (exact) mass is 640 g/mol. The first-order valence-electron chi connectivity index (χ1n) is 14.2. The van der Waals surface area contributed by atoms with E-state index in [-0.39, 0.29) is 29.8 Å². The molecule has 228 valence electrons. The van der Waals surface area contributed by atoms with Gasteiger partial charge in [-0.2, -0.15) is 5.10 Å². The molecule has 1 aliphatic rings. The van der Waals surface area contributed by atoms with E-state index in [4.69, 9.17) is 9.84 Å². The maximum absolute atomic E-state index is 14.2. The highest BCUT2D eigenvalue weighted by atomic mass is 32.2. The Morgan fingerprint density at radius 1 is 1.04 bits per heavy atom. The summed E-state index contributed by atoms with van der Waals surface area (Å²) < 4.78 is 21.3. The number of carbonyl (C=O) groups is 2. The van der Waals surface area contributed by atoms with Crippen LogP contribution in [0.1, 0.15) is 44.6 Å². The van der Waals surface area contributed by atoms with Gasteiger partial charge in [0, 0.05) is 12.1 Å². The van der Waals surface area contributed by atoms with Crippen LogP contribution in [0.4, 0.5) is 4.39 Å². The normalized spacial score (nSPS) is 14.3. The van der Waals surface area contributed by atoms with E-state index in [0.29, 0.717) is 17.4 Å².